The van der Waals surface area contributed by atoms with E-state index < -0.39 is 5.82 Å². The minimum absolute atomic E-state index is 0.0875. The van der Waals surface area contributed by atoms with E-state index in [1.807, 2.05) is 6.92 Å². The molecule has 0 saturated heterocycles. The summed E-state index contributed by atoms with van der Waals surface area (Å²) in [5.74, 6) is 0.710. The molecule has 4 nitrogen and oxygen atoms in total. The molecule has 2 aromatic rings. The van der Waals surface area contributed by atoms with Crippen LogP contribution < -0.4 is 10.5 Å². The third kappa shape index (κ3) is 2.95. The minimum atomic E-state index is -0.464. The van der Waals surface area contributed by atoms with Crippen molar-refractivity contribution in [2.45, 2.75) is 13.3 Å². The number of aromatic nitrogens is 2. The second-order valence-electron chi connectivity index (χ2n) is 3.58. The summed E-state index contributed by atoms with van der Waals surface area (Å²) in [6, 6.07) is 5.89. The highest BCUT2D eigenvalue weighted by atomic mass is 79.9. The van der Waals surface area contributed by atoms with E-state index in [1.54, 1.807) is 6.07 Å². The van der Waals surface area contributed by atoms with Crippen molar-refractivity contribution < 1.29 is 9.13 Å². The fourth-order valence-corrected chi connectivity index (χ4v) is 1.71. The SMILES string of the molecule is CCc1nc(N)cc(Oc2cc(Br)ccc2F)n1. The monoisotopic (exact) mass is 311 g/mol. The summed E-state index contributed by atoms with van der Waals surface area (Å²) < 4.78 is 19.6. The van der Waals surface area contributed by atoms with E-state index in [-0.39, 0.29) is 11.6 Å². The fourth-order valence-electron chi connectivity index (χ4n) is 1.37. The zero-order valence-electron chi connectivity index (χ0n) is 9.65. The Balaban J connectivity index is 2.33. The molecular weight excluding hydrogens is 301 g/mol. The molecule has 1 aromatic heterocycles. The summed E-state index contributed by atoms with van der Waals surface area (Å²) in [6.45, 7) is 1.90. The molecule has 1 aromatic carbocycles. The van der Waals surface area contributed by atoms with Gasteiger partial charge in [-0.05, 0) is 18.2 Å². The van der Waals surface area contributed by atoms with Crippen molar-refractivity contribution in [2.24, 2.45) is 0 Å². The Bertz CT molecular complexity index is 577. The highest BCUT2D eigenvalue weighted by molar-refractivity contribution is 9.10. The quantitative estimate of drug-likeness (QED) is 0.944. The van der Waals surface area contributed by atoms with Crippen LogP contribution >= 0.6 is 15.9 Å². The van der Waals surface area contributed by atoms with Gasteiger partial charge in [0, 0.05) is 17.0 Å². The molecule has 0 amide bonds. The Morgan fingerprint density at radius 1 is 1.33 bits per heavy atom. The molecule has 0 radical (unpaired) electrons. The Hall–Kier alpha value is -1.69. The molecule has 0 atom stereocenters. The first kappa shape index (κ1) is 12.8. The van der Waals surface area contributed by atoms with Crippen molar-refractivity contribution in [1.29, 1.82) is 0 Å². The van der Waals surface area contributed by atoms with E-state index >= 15 is 0 Å². The third-order valence-electron chi connectivity index (χ3n) is 2.19. The molecule has 0 aliphatic heterocycles. The molecule has 0 saturated carbocycles. The first-order valence-corrected chi connectivity index (χ1v) is 6.14. The van der Waals surface area contributed by atoms with Crippen LogP contribution in [0.3, 0.4) is 0 Å². The smallest absolute Gasteiger partial charge is 0.224 e. The fraction of sp³-hybridized carbons (Fsp3) is 0.167. The molecule has 0 aliphatic carbocycles. The first-order valence-electron chi connectivity index (χ1n) is 5.35. The van der Waals surface area contributed by atoms with Crippen LogP contribution in [0.2, 0.25) is 0 Å². The number of hydrogen-bond acceptors (Lipinski definition) is 4. The molecular formula is C12H11BrFN3O. The van der Waals surface area contributed by atoms with Crippen LogP contribution in [-0.4, -0.2) is 9.97 Å². The van der Waals surface area contributed by atoms with Gasteiger partial charge in [-0.25, -0.2) is 9.37 Å². The maximum Gasteiger partial charge on any atom is 0.224 e. The van der Waals surface area contributed by atoms with Gasteiger partial charge in [-0.2, -0.15) is 4.98 Å². The largest absolute Gasteiger partial charge is 0.436 e. The Labute approximate surface area is 112 Å². The number of nitrogens with zero attached hydrogens (tertiary/aromatic N) is 2. The maximum atomic E-state index is 13.5. The molecule has 0 unspecified atom stereocenters. The lowest BCUT2D eigenvalue weighted by Crippen LogP contribution is -2.01. The van der Waals surface area contributed by atoms with Gasteiger partial charge >= 0.3 is 0 Å². The highest BCUT2D eigenvalue weighted by Gasteiger charge is 2.08. The molecule has 94 valence electrons. The number of rotatable bonds is 3. The molecule has 18 heavy (non-hydrogen) atoms. The van der Waals surface area contributed by atoms with E-state index in [2.05, 4.69) is 25.9 Å². The molecule has 0 aliphatic rings. The number of hydrogen-bond donors (Lipinski definition) is 1. The molecule has 0 fully saturated rings. The molecule has 0 bridgehead atoms. The van der Waals surface area contributed by atoms with Gasteiger partial charge in [0.15, 0.2) is 11.6 Å². The van der Waals surface area contributed by atoms with Crippen LogP contribution in [0, 0.1) is 5.82 Å². The second kappa shape index (κ2) is 5.30. The molecule has 1 heterocycles. The summed E-state index contributed by atoms with van der Waals surface area (Å²) in [5, 5.41) is 0. The number of halogens is 2. The normalized spacial score (nSPS) is 10.4. The lowest BCUT2D eigenvalue weighted by Gasteiger charge is -2.08. The van der Waals surface area contributed by atoms with Crippen molar-refractivity contribution in [1.82, 2.24) is 9.97 Å². The summed E-state index contributed by atoms with van der Waals surface area (Å²) in [5.41, 5.74) is 5.62. The van der Waals surface area contributed by atoms with Gasteiger partial charge in [0.25, 0.3) is 0 Å². The van der Waals surface area contributed by atoms with Gasteiger partial charge in [0.1, 0.15) is 11.6 Å². The van der Waals surface area contributed by atoms with Gasteiger partial charge < -0.3 is 10.5 Å². The average molecular weight is 312 g/mol. The van der Waals surface area contributed by atoms with E-state index in [4.69, 9.17) is 10.5 Å². The summed E-state index contributed by atoms with van der Waals surface area (Å²) in [4.78, 5) is 8.14. The lowest BCUT2D eigenvalue weighted by molar-refractivity contribution is 0.424. The minimum Gasteiger partial charge on any atom is -0.436 e. The van der Waals surface area contributed by atoms with E-state index in [0.29, 0.717) is 18.1 Å². The van der Waals surface area contributed by atoms with Crippen LogP contribution in [0.15, 0.2) is 28.7 Å². The van der Waals surface area contributed by atoms with Gasteiger partial charge in [-0.15, -0.1) is 0 Å². The zero-order chi connectivity index (χ0) is 13.1. The summed E-state index contributed by atoms with van der Waals surface area (Å²) in [6.07, 6.45) is 0.627. The second-order valence-corrected chi connectivity index (χ2v) is 4.49. The van der Waals surface area contributed by atoms with E-state index in [9.17, 15) is 4.39 Å². The van der Waals surface area contributed by atoms with Crippen LogP contribution in [0.4, 0.5) is 10.2 Å². The van der Waals surface area contributed by atoms with Crippen LogP contribution in [0.25, 0.3) is 0 Å². The van der Waals surface area contributed by atoms with E-state index in [1.165, 1.54) is 18.2 Å². The molecule has 6 heteroatoms. The molecule has 2 N–H and O–H groups in total. The van der Waals surface area contributed by atoms with Crippen molar-refractivity contribution in [2.75, 3.05) is 5.73 Å². The lowest BCUT2D eigenvalue weighted by atomic mass is 10.3. The number of aryl methyl sites for hydroxylation is 1. The average Bonchev–Trinajstić information content (AvgIpc) is 2.33. The number of anilines is 1. The van der Waals surface area contributed by atoms with Crippen LogP contribution in [0.5, 0.6) is 11.6 Å². The van der Waals surface area contributed by atoms with Gasteiger partial charge in [0.2, 0.25) is 5.88 Å². The van der Waals surface area contributed by atoms with Crippen molar-refractivity contribution in [3.8, 4) is 11.6 Å². The number of nitrogen functional groups attached to an aromatic ring is 1. The van der Waals surface area contributed by atoms with Gasteiger partial charge in [-0.3, -0.25) is 0 Å². The number of ether oxygens (including phenoxy) is 1. The zero-order valence-corrected chi connectivity index (χ0v) is 11.2. The molecule has 0 spiro atoms. The van der Waals surface area contributed by atoms with E-state index in [0.717, 1.165) is 4.47 Å². The Kier molecular flexibility index (Phi) is 3.76. The molecule has 2 rings (SSSR count). The van der Waals surface area contributed by atoms with Gasteiger partial charge in [0.05, 0.1) is 0 Å². The van der Waals surface area contributed by atoms with Crippen LogP contribution in [0.1, 0.15) is 12.7 Å². The first-order chi connectivity index (χ1) is 8.58. The van der Waals surface area contributed by atoms with Gasteiger partial charge in [-0.1, -0.05) is 22.9 Å². The number of nitrogens with two attached hydrogens (primary N) is 1. The highest BCUT2D eigenvalue weighted by Crippen LogP contribution is 2.27. The third-order valence-corrected chi connectivity index (χ3v) is 2.69. The van der Waals surface area contributed by atoms with Crippen molar-refractivity contribution >= 4 is 21.7 Å². The summed E-state index contributed by atoms with van der Waals surface area (Å²) in [7, 11) is 0. The summed E-state index contributed by atoms with van der Waals surface area (Å²) >= 11 is 3.25. The predicted octanol–water partition coefficient (Wildman–Crippen LogP) is 3.32. The number of benzene rings is 1. The van der Waals surface area contributed by atoms with Crippen molar-refractivity contribution in [3.63, 3.8) is 0 Å². The van der Waals surface area contributed by atoms with Crippen LogP contribution in [-0.2, 0) is 6.42 Å². The Morgan fingerprint density at radius 2 is 2.11 bits per heavy atom. The topological polar surface area (TPSA) is 61.0 Å². The Morgan fingerprint density at radius 3 is 2.83 bits per heavy atom. The predicted molar refractivity (Wildman–Crippen MR) is 70.0 cm³/mol. The standard InChI is InChI=1S/C12H11BrFN3O/c1-2-11-16-10(15)6-12(17-11)18-9-5-7(13)3-4-8(9)14/h3-6H,2H2,1H3,(H2,15,16,17). The maximum absolute atomic E-state index is 13.5. The van der Waals surface area contributed by atoms with Crippen molar-refractivity contribution in [3.05, 3.63) is 40.4 Å².